The predicted octanol–water partition coefficient (Wildman–Crippen LogP) is 3.35. The lowest BCUT2D eigenvalue weighted by Crippen LogP contribution is -2.26. The summed E-state index contributed by atoms with van der Waals surface area (Å²) >= 11 is 0. The number of hydrogen-bond donors (Lipinski definition) is 0. The SMILES string of the molecule is CON(C)C(=O)C[C@@H](C)c1ccc2ccccc2c1. The molecule has 0 aliphatic carbocycles. The van der Waals surface area contributed by atoms with E-state index in [1.165, 1.54) is 28.5 Å². The molecule has 3 nitrogen and oxygen atoms in total. The second-order valence-electron chi connectivity index (χ2n) is 4.79. The van der Waals surface area contributed by atoms with E-state index >= 15 is 0 Å². The minimum Gasteiger partial charge on any atom is -0.275 e. The third kappa shape index (κ3) is 3.12. The van der Waals surface area contributed by atoms with Crippen molar-refractivity contribution in [2.24, 2.45) is 0 Å². The van der Waals surface area contributed by atoms with Crippen LogP contribution in [-0.2, 0) is 9.63 Å². The molecule has 0 N–H and O–H groups in total. The molecule has 0 saturated heterocycles. The quantitative estimate of drug-likeness (QED) is 0.786. The Morgan fingerprint density at radius 2 is 1.89 bits per heavy atom. The molecule has 0 aliphatic heterocycles. The summed E-state index contributed by atoms with van der Waals surface area (Å²) in [7, 11) is 3.13. The van der Waals surface area contributed by atoms with Crippen LogP contribution < -0.4 is 0 Å². The normalized spacial score (nSPS) is 12.4. The van der Waals surface area contributed by atoms with Crippen molar-refractivity contribution in [3.05, 3.63) is 48.0 Å². The Bertz CT molecular complexity index is 580. The molecule has 0 aliphatic rings. The van der Waals surface area contributed by atoms with E-state index in [1.807, 2.05) is 12.1 Å². The summed E-state index contributed by atoms with van der Waals surface area (Å²) in [5.74, 6) is 0.165. The Kier molecular flexibility index (Phi) is 4.17. The van der Waals surface area contributed by atoms with Gasteiger partial charge in [0, 0.05) is 13.5 Å². The molecule has 1 atom stereocenters. The van der Waals surface area contributed by atoms with Crippen LogP contribution in [0.15, 0.2) is 42.5 Å². The van der Waals surface area contributed by atoms with E-state index in [2.05, 4.69) is 37.3 Å². The third-order valence-corrected chi connectivity index (χ3v) is 3.45. The number of carbonyl (C=O) groups excluding carboxylic acids is 1. The third-order valence-electron chi connectivity index (χ3n) is 3.45. The molecule has 0 bridgehead atoms. The lowest BCUT2D eigenvalue weighted by atomic mass is 9.95. The summed E-state index contributed by atoms with van der Waals surface area (Å²) in [5, 5.41) is 3.70. The van der Waals surface area contributed by atoms with Gasteiger partial charge in [0.25, 0.3) is 0 Å². The molecule has 0 heterocycles. The summed E-state index contributed by atoms with van der Waals surface area (Å²) < 4.78 is 0. The van der Waals surface area contributed by atoms with Crippen LogP contribution in [-0.4, -0.2) is 25.1 Å². The van der Waals surface area contributed by atoms with Crippen LogP contribution >= 0.6 is 0 Å². The second-order valence-corrected chi connectivity index (χ2v) is 4.79. The first kappa shape index (κ1) is 13.6. The van der Waals surface area contributed by atoms with Gasteiger partial charge in [0.1, 0.15) is 0 Å². The van der Waals surface area contributed by atoms with Crippen LogP contribution in [0.25, 0.3) is 10.8 Å². The number of carbonyl (C=O) groups is 1. The molecule has 2 rings (SSSR count). The lowest BCUT2D eigenvalue weighted by Gasteiger charge is -2.17. The van der Waals surface area contributed by atoms with Gasteiger partial charge >= 0.3 is 0 Å². The fourth-order valence-electron chi connectivity index (χ4n) is 2.12. The van der Waals surface area contributed by atoms with Gasteiger partial charge < -0.3 is 0 Å². The highest BCUT2D eigenvalue weighted by molar-refractivity contribution is 5.83. The number of amides is 1. The summed E-state index contributed by atoms with van der Waals surface area (Å²) in [6, 6.07) is 14.6. The van der Waals surface area contributed by atoms with Gasteiger partial charge in [-0.1, -0.05) is 49.4 Å². The molecule has 0 radical (unpaired) electrons. The minimum atomic E-state index is -0.0110. The van der Waals surface area contributed by atoms with E-state index in [4.69, 9.17) is 4.84 Å². The standard InChI is InChI=1S/C16H19NO2/c1-12(10-16(18)17(2)19-3)14-9-8-13-6-4-5-7-15(13)11-14/h4-9,11-12H,10H2,1-3H3/t12-/m1/s1. The van der Waals surface area contributed by atoms with Crippen molar-refractivity contribution in [2.75, 3.05) is 14.2 Å². The zero-order valence-electron chi connectivity index (χ0n) is 11.6. The maximum absolute atomic E-state index is 11.8. The van der Waals surface area contributed by atoms with Crippen molar-refractivity contribution in [1.82, 2.24) is 5.06 Å². The summed E-state index contributed by atoms with van der Waals surface area (Å²) in [6.07, 6.45) is 0.447. The largest absolute Gasteiger partial charge is 0.275 e. The van der Waals surface area contributed by atoms with Crippen molar-refractivity contribution in [3.8, 4) is 0 Å². The predicted molar refractivity (Wildman–Crippen MR) is 76.8 cm³/mol. The zero-order chi connectivity index (χ0) is 13.8. The van der Waals surface area contributed by atoms with Crippen molar-refractivity contribution >= 4 is 16.7 Å². The van der Waals surface area contributed by atoms with Crippen molar-refractivity contribution in [1.29, 1.82) is 0 Å². The number of rotatable bonds is 4. The van der Waals surface area contributed by atoms with Crippen LogP contribution in [0.4, 0.5) is 0 Å². The highest BCUT2D eigenvalue weighted by Gasteiger charge is 2.14. The number of benzene rings is 2. The number of nitrogens with zero attached hydrogens (tertiary/aromatic N) is 1. The van der Waals surface area contributed by atoms with Gasteiger partial charge in [-0.25, -0.2) is 5.06 Å². The first-order chi connectivity index (χ1) is 9.11. The van der Waals surface area contributed by atoms with E-state index in [0.29, 0.717) is 6.42 Å². The van der Waals surface area contributed by atoms with Crippen LogP contribution in [0.2, 0.25) is 0 Å². The van der Waals surface area contributed by atoms with Gasteiger partial charge in [-0.05, 0) is 22.3 Å². The van der Waals surface area contributed by atoms with Gasteiger partial charge in [-0.15, -0.1) is 0 Å². The first-order valence-electron chi connectivity index (χ1n) is 6.41. The maximum Gasteiger partial charge on any atom is 0.246 e. The number of fused-ring (bicyclic) bond motifs is 1. The van der Waals surface area contributed by atoms with Crippen LogP contribution in [0, 0.1) is 0 Å². The second kappa shape index (κ2) is 5.85. The molecular weight excluding hydrogens is 238 g/mol. The summed E-state index contributed by atoms with van der Waals surface area (Å²) in [4.78, 5) is 16.7. The smallest absolute Gasteiger partial charge is 0.246 e. The summed E-state index contributed by atoms with van der Waals surface area (Å²) in [6.45, 7) is 2.06. The van der Waals surface area contributed by atoms with E-state index in [1.54, 1.807) is 7.05 Å². The van der Waals surface area contributed by atoms with E-state index < -0.39 is 0 Å². The highest BCUT2D eigenvalue weighted by atomic mass is 16.7. The molecule has 3 heteroatoms. The Labute approximate surface area is 113 Å². The van der Waals surface area contributed by atoms with E-state index in [0.717, 1.165) is 0 Å². The maximum atomic E-state index is 11.8. The zero-order valence-corrected chi connectivity index (χ0v) is 11.6. The molecule has 0 unspecified atom stereocenters. The highest BCUT2D eigenvalue weighted by Crippen LogP contribution is 2.24. The van der Waals surface area contributed by atoms with Gasteiger partial charge in [-0.2, -0.15) is 0 Å². The molecule has 2 aromatic rings. The molecule has 19 heavy (non-hydrogen) atoms. The molecule has 0 fully saturated rings. The molecule has 0 spiro atoms. The number of hydrogen-bond acceptors (Lipinski definition) is 2. The Morgan fingerprint density at radius 1 is 1.21 bits per heavy atom. The average molecular weight is 257 g/mol. The average Bonchev–Trinajstić information content (AvgIpc) is 2.45. The minimum absolute atomic E-state index is 0.0110. The first-order valence-corrected chi connectivity index (χ1v) is 6.41. The Balaban J connectivity index is 2.17. The molecule has 100 valence electrons. The van der Waals surface area contributed by atoms with Crippen LogP contribution in [0.1, 0.15) is 24.8 Å². The van der Waals surface area contributed by atoms with Gasteiger partial charge in [0.2, 0.25) is 5.91 Å². The molecular formula is C16H19NO2. The monoisotopic (exact) mass is 257 g/mol. The fourth-order valence-corrected chi connectivity index (χ4v) is 2.12. The molecule has 0 aromatic heterocycles. The van der Waals surface area contributed by atoms with E-state index in [-0.39, 0.29) is 11.8 Å². The Hall–Kier alpha value is -1.87. The number of hydroxylamine groups is 2. The van der Waals surface area contributed by atoms with Crippen LogP contribution in [0.3, 0.4) is 0 Å². The van der Waals surface area contributed by atoms with Crippen molar-refractivity contribution in [2.45, 2.75) is 19.3 Å². The van der Waals surface area contributed by atoms with Crippen LogP contribution in [0.5, 0.6) is 0 Å². The van der Waals surface area contributed by atoms with E-state index in [9.17, 15) is 4.79 Å². The van der Waals surface area contributed by atoms with Crippen molar-refractivity contribution in [3.63, 3.8) is 0 Å². The van der Waals surface area contributed by atoms with Gasteiger partial charge in [0.15, 0.2) is 0 Å². The van der Waals surface area contributed by atoms with Gasteiger partial charge in [0.05, 0.1) is 7.11 Å². The lowest BCUT2D eigenvalue weighted by molar-refractivity contribution is -0.169. The van der Waals surface area contributed by atoms with Crippen molar-refractivity contribution < 1.29 is 9.63 Å². The molecule has 1 amide bonds. The molecule has 0 saturated carbocycles. The molecule has 2 aromatic carbocycles. The van der Waals surface area contributed by atoms with Gasteiger partial charge in [-0.3, -0.25) is 9.63 Å². The summed E-state index contributed by atoms with van der Waals surface area (Å²) in [5.41, 5.74) is 1.18. The fraction of sp³-hybridized carbons (Fsp3) is 0.312. The Morgan fingerprint density at radius 3 is 2.58 bits per heavy atom. The topological polar surface area (TPSA) is 29.5 Å².